The number of carbonyl (C=O) groups excluding carboxylic acids is 8. The fourth-order valence-corrected chi connectivity index (χ4v) is 14.7. The number of methoxy groups -OCH3 is 7. The lowest BCUT2D eigenvalue weighted by atomic mass is 10.0. The lowest BCUT2D eigenvalue weighted by Crippen LogP contribution is -2.36. The van der Waals surface area contributed by atoms with E-state index in [2.05, 4.69) is 50.8 Å². The smallest absolute Gasteiger partial charge is 0.257 e. The molecule has 4 saturated heterocycles. The topological polar surface area (TPSA) is 325 Å². The number of hydrogen-bond acceptors (Lipinski definition) is 25. The van der Waals surface area contributed by atoms with E-state index in [0.717, 1.165) is 194 Å². The summed E-state index contributed by atoms with van der Waals surface area (Å²) < 4.78 is 72.8. The van der Waals surface area contributed by atoms with E-state index in [9.17, 15) is 42.7 Å². The van der Waals surface area contributed by atoms with Crippen molar-refractivity contribution in [2.45, 2.75) is 77.0 Å². The maximum atomic E-state index is 13.7. The minimum Gasteiger partial charge on any atom is -0.497 e. The zero-order valence-electron chi connectivity index (χ0n) is 73.6. The molecule has 0 radical (unpaired) electrons. The first-order valence-corrected chi connectivity index (χ1v) is 43.0. The van der Waals surface area contributed by atoms with Gasteiger partial charge in [0.1, 0.15) is 17.3 Å². The summed E-state index contributed by atoms with van der Waals surface area (Å²) in [6.45, 7) is 17.4. The Morgan fingerprint density at radius 2 is 0.717 bits per heavy atom. The first-order chi connectivity index (χ1) is 61.9. The fourth-order valence-electron chi connectivity index (χ4n) is 14.7. The van der Waals surface area contributed by atoms with Crippen LogP contribution in [0.5, 0.6) is 40.2 Å². The van der Waals surface area contributed by atoms with Crippen molar-refractivity contribution in [2.75, 3.05) is 202 Å². The summed E-state index contributed by atoms with van der Waals surface area (Å²) in [5, 5.41) is 13.3. The average molecular weight is 1750 g/mol. The largest absolute Gasteiger partial charge is 0.497 e. The number of pyridine rings is 2. The van der Waals surface area contributed by atoms with Crippen LogP contribution in [0.15, 0.2) is 170 Å². The molecule has 4 amide bonds. The van der Waals surface area contributed by atoms with E-state index in [-0.39, 0.29) is 52.1 Å². The number of fused-ring (bicyclic) bond motifs is 1. The molecule has 4 fully saturated rings. The van der Waals surface area contributed by atoms with Crippen molar-refractivity contribution in [1.82, 2.24) is 29.6 Å². The monoisotopic (exact) mass is 1740 g/mol. The Hall–Kier alpha value is -12.1. The minimum absolute atomic E-state index is 0.0217. The molecule has 0 bridgehead atoms. The fraction of sp³-hybridized carbons (Fsp3) is 0.402. The predicted molar refractivity (Wildman–Crippen MR) is 484 cm³/mol. The number of nitrogens with zero attached hydrogens (tertiary/aromatic N) is 6. The molecule has 676 valence electrons. The first kappa shape index (κ1) is 97.1. The molecule has 4 aliphatic heterocycles. The van der Waals surface area contributed by atoms with Crippen LogP contribution in [-0.4, -0.2) is 257 Å². The molecule has 0 aliphatic carbocycles. The number of benzene rings is 7. The molecule has 0 atom stereocenters. The molecule has 13 rings (SSSR count). The van der Waals surface area contributed by atoms with Crippen LogP contribution in [0.4, 0.5) is 27.1 Å². The summed E-state index contributed by atoms with van der Waals surface area (Å²) in [7, 11) is 10.6. The Labute approximate surface area is 741 Å². The molecule has 0 saturated carbocycles. The number of anilines is 4. The maximum Gasteiger partial charge on any atom is 0.257 e. The van der Waals surface area contributed by atoms with Gasteiger partial charge in [0, 0.05) is 148 Å². The molecule has 9 aromatic rings. The van der Waals surface area contributed by atoms with Gasteiger partial charge in [-0.1, -0.05) is 30.3 Å². The van der Waals surface area contributed by atoms with Crippen LogP contribution < -0.4 is 54.4 Å². The quantitative estimate of drug-likeness (QED) is 0.0205. The second-order valence-corrected chi connectivity index (χ2v) is 30.3. The standard InChI is InChI=1S/C27H30N2O4.C25H32N2O6.C24H31N3O6.C21H24FN3O3/c1-32-23-11-12-24(26(30)8-4-5-13-29-14-16-33-17-15-29)25(19-23)28-27(31)22-10-9-20-6-2-3-7-21(20)18-22;1-30-19-9-7-18(8-10-19)25(29)26-21-17-24(32-3)23(31-2)16-20(21)22(28)6-4-5-11-27-12-14-33-15-13-27;1-30-20-15-18(19(28)8-4-5-10-27-11-13-33-14-12-27)21(23(32-3)22(20)31-2)26-24(29)17-7-6-9-25-16-17;22-17-6-7-18(19(14-17)24-21(27)16-4-3-8-23-15-16)20(26)5-1-2-9-25-10-12-28-13-11-25/h2-3,6-7,9-12,18-19H,4-5,8,13-17H2,1H3,(H,28,31);7-10,16-17H,4-6,11-15H2,1-3H3,(H,26,29);6-7,9,15-16H,4-5,8,10-14H2,1-3H3,(H,26,29);3-4,6-8,14-15H,1-2,5,9-13H2,(H,24,27). The van der Waals surface area contributed by atoms with Crippen LogP contribution >= 0.6 is 0 Å². The number of halogens is 1. The molecule has 4 aliphatic rings. The van der Waals surface area contributed by atoms with Crippen molar-refractivity contribution in [3.05, 3.63) is 221 Å². The van der Waals surface area contributed by atoms with Crippen molar-refractivity contribution < 1.29 is 94.9 Å². The number of ketones is 4. The number of morpholine rings is 4. The van der Waals surface area contributed by atoms with E-state index in [1.165, 1.54) is 66.1 Å². The van der Waals surface area contributed by atoms with Crippen LogP contribution in [0, 0.1) is 5.82 Å². The Kier molecular flexibility index (Phi) is 39.8. The van der Waals surface area contributed by atoms with Gasteiger partial charge in [-0.25, -0.2) is 4.39 Å². The third kappa shape index (κ3) is 30.0. The van der Waals surface area contributed by atoms with E-state index < -0.39 is 17.6 Å². The number of hydrogen-bond donors (Lipinski definition) is 4. The third-order valence-electron chi connectivity index (χ3n) is 21.9. The van der Waals surface area contributed by atoms with Crippen molar-refractivity contribution in [2.24, 2.45) is 0 Å². The van der Waals surface area contributed by atoms with E-state index in [1.807, 2.05) is 36.4 Å². The number of unbranched alkanes of at least 4 members (excludes halogenated alkanes) is 4. The molecular formula is C97H117FN10O19. The minimum atomic E-state index is -0.509. The number of aromatic nitrogens is 2. The number of nitrogens with one attached hydrogen (secondary N) is 4. The van der Waals surface area contributed by atoms with Crippen molar-refractivity contribution >= 4 is 80.3 Å². The van der Waals surface area contributed by atoms with Gasteiger partial charge < -0.3 is 73.4 Å². The van der Waals surface area contributed by atoms with Crippen molar-refractivity contribution in [3.63, 3.8) is 0 Å². The van der Waals surface area contributed by atoms with Gasteiger partial charge in [0.25, 0.3) is 23.6 Å². The summed E-state index contributed by atoms with van der Waals surface area (Å²) in [5.41, 5.74) is 4.56. The summed E-state index contributed by atoms with van der Waals surface area (Å²) >= 11 is 0. The number of amides is 4. The van der Waals surface area contributed by atoms with Gasteiger partial charge in [-0.2, -0.15) is 0 Å². The molecular weight excluding hydrogens is 1630 g/mol. The highest BCUT2D eigenvalue weighted by molar-refractivity contribution is 6.14. The molecule has 29 nitrogen and oxygen atoms in total. The van der Waals surface area contributed by atoms with Gasteiger partial charge in [0.15, 0.2) is 46.1 Å². The average Bonchev–Trinajstić information content (AvgIpc) is 0.784. The van der Waals surface area contributed by atoms with Crippen LogP contribution in [-0.2, 0) is 18.9 Å². The number of Topliss-reactive ketones (excluding diaryl/α,β-unsaturated/α-hetero) is 4. The second-order valence-electron chi connectivity index (χ2n) is 30.3. The number of carbonyl (C=O) groups is 8. The summed E-state index contributed by atoms with van der Waals surface area (Å²) in [5.74, 6) is 0.822. The molecule has 127 heavy (non-hydrogen) atoms. The molecule has 0 spiro atoms. The maximum absolute atomic E-state index is 13.7. The van der Waals surface area contributed by atoms with Gasteiger partial charge in [0.2, 0.25) is 5.75 Å². The van der Waals surface area contributed by atoms with Crippen LogP contribution in [0.25, 0.3) is 10.8 Å². The SMILES string of the molecule is COc1cc(C(=O)CCCCN2CCOCC2)c(NC(=O)c2cccnc2)c(OC)c1OC.COc1ccc(C(=O)CCCCN2CCOCC2)c(NC(=O)c2ccc3ccccc3c2)c1.COc1ccc(C(=O)Nc2cc(OC)c(OC)cc2C(=O)CCCCN2CCOCC2)cc1.O=C(Nc1cc(F)ccc1C(=O)CCCCN1CCOCC1)c1cccnc1. The Bertz CT molecular complexity index is 5060. The van der Waals surface area contributed by atoms with Gasteiger partial charge in [-0.15, -0.1) is 0 Å². The van der Waals surface area contributed by atoms with E-state index in [1.54, 1.807) is 118 Å². The van der Waals surface area contributed by atoms with Crippen molar-refractivity contribution in [3.8, 4) is 40.2 Å². The Morgan fingerprint density at radius 3 is 1.17 bits per heavy atom. The van der Waals surface area contributed by atoms with Crippen molar-refractivity contribution in [1.29, 1.82) is 0 Å². The summed E-state index contributed by atoms with van der Waals surface area (Å²) in [6, 6.07) is 40.7. The zero-order chi connectivity index (χ0) is 90.1. The van der Waals surface area contributed by atoms with E-state index in [0.29, 0.717) is 116 Å². The summed E-state index contributed by atoms with van der Waals surface area (Å²) in [6.07, 6.45) is 14.2. The molecule has 6 heterocycles. The van der Waals surface area contributed by atoms with Crippen LogP contribution in [0.2, 0.25) is 0 Å². The normalized spacial score (nSPS) is 14.1. The van der Waals surface area contributed by atoms with Gasteiger partial charge in [-0.05, 0) is 191 Å². The highest BCUT2D eigenvalue weighted by atomic mass is 19.1. The summed E-state index contributed by atoms with van der Waals surface area (Å²) in [4.78, 5) is 120. The Morgan fingerprint density at radius 1 is 0.331 bits per heavy atom. The van der Waals surface area contributed by atoms with E-state index >= 15 is 0 Å². The van der Waals surface area contributed by atoms with Gasteiger partial charge in [0.05, 0.1) is 137 Å². The third-order valence-corrected chi connectivity index (χ3v) is 21.9. The molecule has 2 aromatic heterocycles. The number of ether oxygens (including phenoxy) is 11. The number of rotatable bonds is 39. The van der Waals surface area contributed by atoms with Crippen LogP contribution in [0.1, 0.15) is 160 Å². The second kappa shape index (κ2) is 52.1. The molecule has 7 aromatic carbocycles. The Balaban J connectivity index is 0.000000177. The van der Waals surface area contributed by atoms with Crippen LogP contribution in [0.3, 0.4) is 0 Å². The zero-order valence-corrected chi connectivity index (χ0v) is 73.6. The lowest BCUT2D eigenvalue weighted by Gasteiger charge is -2.26. The predicted octanol–water partition coefficient (Wildman–Crippen LogP) is 14.6. The van der Waals surface area contributed by atoms with Gasteiger partial charge in [-0.3, -0.25) is 67.9 Å². The van der Waals surface area contributed by atoms with Gasteiger partial charge >= 0.3 is 0 Å². The van der Waals surface area contributed by atoms with E-state index in [4.69, 9.17) is 52.1 Å². The first-order valence-electron chi connectivity index (χ1n) is 43.0. The molecule has 0 unspecified atom stereocenters. The molecule has 30 heteroatoms. The molecule has 4 N–H and O–H groups in total. The highest BCUT2D eigenvalue weighted by Crippen LogP contribution is 2.46. The highest BCUT2D eigenvalue weighted by Gasteiger charge is 2.28. The lowest BCUT2D eigenvalue weighted by molar-refractivity contribution is 0.0370.